The second-order valence-electron chi connectivity index (χ2n) is 4.29. The highest BCUT2D eigenvalue weighted by Crippen LogP contribution is 2.32. The molecule has 1 aliphatic heterocycles. The third-order valence-corrected chi connectivity index (χ3v) is 3.88. The van der Waals surface area contributed by atoms with E-state index in [1.807, 2.05) is 22.6 Å². The molecule has 0 saturated carbocycles. The summed E-state index contributed by atoms with van der Waals surface area (Å²) in [5.74, 6) is -1.01. The minimum atomic E-state index is -1.01. The van der Waals surface area contributed by atoms with Crippen molar-refractivity contribution in [2.45, 2.75) is 18.6 Å². The number of rotatable bonds is 3. The molecule has 0 radical (unpaired) electrons. The summed E-state index contributed by atoms with van der Waals surface area (Å²) in [4.78, 5) is 22.9. The van der Waals surface area contributed by atoms with E-state index in [1.165, 1.54) is 18.2 Å². The lowest BCUT2D eigenvalue weighted by molar-refractivity contribution is -0.384. The van der Waals surface area contributed by atoms with Gasteiger partial charge in [-0.3, -0.25) is 10.1 Å². The number of nitrogens with zero attached hydrogens (tertiary/aromatic N) is 2. The van der Waals surface area contributed by atoms with Gasteiger partial charge in [0.1, 0.15) is 6.04 Å². The molecule has 1 fully saturated rings. The van der Waals surface area contributed by atoms with E-state index in [-0.39, 0.29) is 18.7 Å². The van der Waals surface area contributed by atoms with Crippen LogP contribution in [0.3, 0.4) is 0 Å². The van der Waals surface area contributed by atoms with Crippen molar-refractivity contribution in [2.24, 2.45) is 0 Å². The Bertz CT molecular complexity index is 536. The molecule has 1 aromatic rings. The Kier molecular flexibility index (Phi) is 3.90. The number of aliphatic hydroxyl groups is 1. The Morgan fingerprint density at radius 3 is 2.74 bits per heavy atom. The molecular weight excluding hydrogens is 367 g/mol. The lowest BCUT2D eigenvalue weighted by atomic mass is 10.2. The third-order valence-electron chi connectivity index (χ3n) is 3.02. The molecule has 0 amide bonds. The van der Waals surface area contributed by atoms with Crippen LogP contribution in [0.2, 0.25) is 0 Å². The number of halogens is 1. The van der Waals surface area contributed by atoms with Gasteiger partial charge in [0.15, 0.2) is 0 Å². The molecule has 1 aliphatic rings. The lowest BCUT2D eigenvalue weighted by Gasteiger charge is -2.24. The fourth-order valence-electron chi connectivity index (χ4n) is 2.16. The van der Waals surface area contributed by atoms with Crippen LogP contribution in [0.15, 0.2) is 18.2 Å². The quantitative estimate of drug-likeness (QED) is 0.466. The Morgan fingerprint density at radius 2 is 2.21 bits per heavy atom. The summed E-state index contributed by atoms with van der Waals surface area (Å²) in [6.45, 7) is 0.213. The van der Waals surface area contributed by atoms with E-state index >= 15 is 0 Å². The van der Waals surface area contributed by atoms with Crippen molar-refractivity contribution in [2.75, 3.05) is 11.4 Å². The van der Waals surface area contributed by atoms with Crippen LogP contribution in [-0.4, -0.2) is 39.8 Å². The fourth-order valence-corrected chi connectivity index (χ4v) is 2.97. The molecule has 2 atom stereocenters. The number of carbonyl (C=O) groups is 1. The molecule has 2 rings (SSSR count). The normalized spacial score (nSPS) is 22.5. The zero-order valence-electron chi connectivity index (χ0n) is 9.69. The van der Waals surface area contributed by atoms with Crippen molar-refractivity contribution in [1.82, 2.24) is 0 Å². The zero-order chi connectivity index (χ0) is 14.2. The molecule has 7 nitrogen and oxygen atoms in total. The highest BCUT2D eigenvalue weighted by Gasteiger charge is 2.37. The average molecular weight is 378 g/mol. The van der Waals surface area contributed by atoms with Gasteiger partial charge in [0, 0.05) is 28.7 Å². The van der Waals surface area contributed by atoms with Gasteiger partial charge >= 0.3 is 5.97 Å². The van der Waals surface area contributed by atoms with Crippen LogP contribution < -0.4 is 4.90 Å². The predicted molar refractivity (Wildman–Crippen MR) is 75.2 cm³/mol. The second kappa shape index (κ2) is 5.29. The number of nitro groups is 1. The molecule has 0 spiro atoms. The highest BCUT2D eigenvalue weighted by molar-refractivity contribution is 14.1. The molecule has 19 heavy (non-hydrogen) atoms. The summed E-state index contributed by atoms with van der Waals surface area (Å²) in [7, 11) is 0. The van der Waals surface area contributed by atoms with Gasteiger partial charge in [-0.2, -0.15) is 0 Å². The maximum atomic E-state index is 11.2. The number of non-ortho nitro benzene ring substituents is 1. The number of β-amino-alcohol motifs (C(OH)–C–C–N with tert-alkyl or cyclic N) is 1. The van der Waals surface area contributed by atoms with Crippen molar-refractivity contribution < 1.29 is 19.9 Å². The van der Waals surface area contributed by atoms with E-state index < -0.39 is 23.0 Å². The van der Waals surface area contributed by atoms with E-state index in [4.69, 9.17) is 5.11 Å². The predicted octanol–water partition coefficient (Wildman–Crippen LogP) is 1.22. The van der Waals surface area contributed by atoms with Crippen LogP contribution in [0.1, 0.15) is 6.42 Å². The first kappa shape index (κ1) is 14.0. The molecule has 1 saturated heterocycles. The molecule has 0 aliphatic carbocycles. The Balaban J connectivity index is 2.36. The van der Waals surface area contributed by atoms with Crippen LogP contribution >= 0.6 is 22.6 Å². The lowest BCUT2D eigenvalue weighted by Crippen LogP contribution is -2.36. The largest absolute Gasteiger partial charge is 0.480 e. The Labute approximate surface area is 122 Å². The number of carboxylic acids is 1. The average Bonchev–Trinajstić information content (AvgIpc) is 2.71. The molecular formula is C11H11IN2O5. The molecule has 8 heteroatoms. The maximum Gasteiger partial charge on any atom is 0.326 e. The number of hydrogen-bond acceptors (Lipinski definition) is 5. The summed E-state index contributed by atoms with van der Waals surface area (Å²) >= 11 is 1.93. The van der Waals surface area contributed by atoms with Gasteiger partial charge < -0.3 is 15.1 Å². The van der Waals surface area contributed by atoms with Crippen LogP contribution in [0.4, 0.5) is 11.4 Å². The molecule has 102 valence electrons. The van der Waals surface area contributed by atoms with E-state index in [9.17, 15) is 20.0 Å². The Hall–Kier alpha value is -1.42. The summed E-state index contributed by atoms with van der Waals surface area (Å²) in [5, 5.41) is 29.4. The molecule has 2 unspecified atom stereocenters. The summed E-state index contributed by atoms with van der Waals surface area (Å²) < 4.78 is 0.590. The van der Waals surface area contributed by atoms with Crippen LogP contribution in [-0.2, 0) is 4.79 Å². The van der Waals surface area contributed by atoms with Crippen LogP contribution in [0.25, 0.3) is 0 Å². The van der Waals surface area contributed by atoms with Crippen molar-refractivity contribution in [1.29, 1.82) is 0 Å². The maximum absolute atomic E-state index is 11.2. The van der Waals surface area contributed by atoms with E-state index in [1.54, 1.807) is 4.90 Å². The smallest absolute Gasteiger partial charge is 0.326 e. The number of anilines is 1. The van der Waals surface area contributed by atoms with Gasteiger partial charge in [-0.25, -0.2) is 4.79 Å². The number of aliphatic hydroxyl groups excluding tert-OH is 1. The van der Waals surface area contributed by atoms with Gasteiger partial charge in [-0.15, -0.1) is 0 Å². The Morgan fingerprint density at radius 1 is 1.53 bits per heavy atom. The standard InChI is InChI=1S/C11H11IN2O5/c12-8-3-6(14(18)19)1-2-9(8)13-5-7(15)4-10(13)11(16)17/h1-3,7,10,15H,4-5H2,(H,16,17). The summed E-state index contributed by atoms with van der Waals surface area (Å²) in [5.41, 5.74) is 0.551. The van der Waals surface area contributed by atoms with Gasteiger partial charge in [-0.05, 0) is 28.7 Å². The van der Waals surface area contributed by atoms with Crippen LogP contribution in [0.5, 0.6) is 0 Å². The summed E-state index contributed by atoms with van der Waals surface area (Å²) in [6, 6.07) is 3.44. The number of nitro benzene ring substituents is 1. The first-order chi connectivity index (χ1) is 8.90. The van der Waals surface area contributed by atoms with Gasteiger partial charge in [-0.1, -0.05) is 0 Å². The van der Waals surface area contributed by atoms with Crippen LogP contribution in [0, 0.1) is 13.7 Å². The summed E-state index contributed by atoms with van der Waals surface area (Å²) in [6.07, 6.45) is -0.547. The number of benzene rings is 1. The molecule has 1 aromatic carbocycles. The number of hydrogen-bond donors (Lipinski definition) is 2. The van der Waals surface area contributed by atoms with Gasteiger partial charge in [0.05, 0.1) is 16.7 Å². The molecule has 0 bridgehead atoms. The number of carboxylic acid groups (broad SMARTS) is 1. The molecule has 2 N–H and O–H groups in total. The number of aliphatic carboxylic acids is 1. The van der Waals surface area contributed by atoms with Gasteiger partial charge in [0.25, 0.3) is 5.69 Å². The van der Waals surface area contributed by atoms with E-state index in [2.05, 4.69) is 0 Å². The SMILES string of the molecule is O=C(O)C1CC(O)CN1c1ccc([N+](=O)[O-])cc1I. The first-order valence-electron chi connectivity index (χ1n) is 5.51. The fraction of sp³-hybridized carbons (Fsp3) is 0.364. The zero-order valence-corrected chi connectivity index (χ0v) is 11.9. The second-order valence-corrected chi connectivity index (χ2v) is 5.45. The van der Waals surface area contributed by atoms with Crippen molar-refractivity contribution in [3.05, 3.63) is 31.9 Å². The molecule has 0 aromatic heterocycles. The first-order valence-corrected chi connectivity index (χ1v) is 6.59. The van der Waals surface area contributed by atoms with E-state index in [0.29, 0.717) is 9.26 Å². The topological polar surface area (TPSA) is 104 Å². The minimum absolute atomic E-state index is 0.0419. The van der Waals surface area contributed by atoms with Crippen molar-refractivity contribution >= 4 is 39.9 Å². The molecule has 1 heterocycles. The monoisotopic (exact) mass is 378 g/mol. The third kappa shape index (κ3) is 2.78. The van der Waals surface area contributed by atoms with Gasteiger partial charge in [0.2, 0.25) is 0 Å². The minimum Gasteiger partial charge on any atom is -0.480 e. The van der Waals surface area contributed by atoms with Crippen molar-refractivity contribution in [3.8, 4) is 0 Å². The highest BCUT2D eigenvalue weighted by atomic mass is 127. The van der Waals surface area contributed by atoms with E-state index in [0.717, 1.165) is 0 Å². The van der Waals surface area contributed by atoms with Crippen molar-refractivity contribution in [3.63, 3.8) is 0 Å².